The summed E-state index contributed by atoms with van der Waals surface area (Å²) >= 11 is 0. The molecular formula is C21H32IN5O. The minimum Gasteiger partial charge on any atom is -0.368 e. The van der Waals surface area contributed by atoms with Crippen molar-refractivity contribution < 1.29 is 4.52 Å². The molecule has 2 heterocycles. The van der Waals surface area contributed by atoms with Gasteiger partial charge in [-0.15, -0.1) is 24.0 Å². The zero-order chi connectivity index (χ0) is 19.2. The number of rotatable bonds is 5. The van der Waals surface area contributed by atoms with E-state index in [2.05, 4.69) is 64.5 Å². The van der Waals surface area contributed by atoms with Crippen LogP contribution in [0.15, 0.2) is 39.8 Å². The summed E-state index contributed by atoms with van der Waals surface area (Å²) in [5.41, 5.74) is 3.45. The van der Waals surface area contributed by atoms with Gasteiger partial charge >= 0.3 is 0 Å². The van der Waals surface area contributed by atoms with Crippen LogP contribution in [0.4, 0.5) is 5.69 Å². The van der Waals surface area contributed by atoms with Gasteiger partial charge in [0.25, 0.3) is 0 Å². The number of hydrogen-bond donors (Lipinski definition) is 1. The highest BCUT2D eigenvalue weighted by molar-refractivity contribution is 14.0. The lowest BCUT2D eigenvalue weighted by Crippen LogP contribution is -2.52. The Labute approximate surface area is 185 Å². The number of aliphatic imine (C=N–C) groups is 1. The van der Waals surface area contributed by atoms with Crippen molar-refractivity contribution >= 4 is 35.6 Å². The van der Waals surface area contributed by atoms with E-state index in [-0.39, 0.29) is 29.9 Å². The SMILES string of the molecule is CCNC(=NCC(C)c1c(C)noc1C)N1CCN(c2ccccc2)CC1.I. The lowest BCUT2D eigenvalue weighted by Gasteiger charge is -2.37. The number of nitrogens with one attached hydrogen (secondary N) is 1. The summed E-state index contributed by atoms with van der Waals surface area (Å²) in [6, 6.07) is 10.6. The molecule has 0 bridgehead atoms. The van der Waals surface area contributed by atoms with Crippen molar-refractivity contribution in [2.24, 2.45) is 4.99 Å². The fraction of sp³-hybridized carbons (Fsp3) is 0.524. The van der Waals surface area contributed by atoms with Gasteiger partial charge in [-0.3, -0.25) is 4.99 Å². The Kier molecular flexibility index (Phi) is 8.59. The van der Waals surface area contributed by atoms with Crippen molar-refractivity contribution in [3.05, 3.63) is 47.3 Å². The van der Waals surface area contributed by atoms with Crippen molar-refractivity contribution in [1.29, 1.82) is 0 Å². The first kappa shape index (κ1) is 22.5. The molecule has 0 spiro atoms. The molecule has 154 valence electrons. The molecule has 1 N–H and O–H groups in total. The van der Waals surface area contributed by atoms with Gasteiger partial charge in [-0.25, -0.2) is 0 Å². The highest BCUT2D eigenvalue weighted by Crippen LogP contribution is 2.23. The third-order valence-electron chi connectivity index (χ3n) is 5.13. The van der Waals surface area contributed by atoms with E-state index in [1.165, 1.54) is 11.3 Å². The molecule has 0 amide bonds. The predicted octanol–water partition coefficient (Wildman–Crippen LogP) is 3.80. The van der Waals surface area contributed by atoms with Crippen LogP contribution in [0.5, 0.6) is 0 Å². The van der Waals surface area contributed by atoms with Crippen molar-refractivity contribution in [2.45, 2.75) is 33.6 Å². The Morgan fingerprint density at radius 1 is 1.18 bits per heavy atom. The van der Waals surface area contributed by atoms with Crippen molar-refractivity contribution in [3.8, 4) is 0 Å². The average Bonchev–Trinajstić information content (AvgIpc) is 3.04. The Bertz CT molecular complexity index is 734. The van der Waals surface area contributed by atoms with E-state index >= 15 is 0 Å². The second-order valence-corrected chi connectivity index (χ2v) is 7.14. The standard InChI is InChI=1S/C21H31N5O.HI/c1-5-22-21(23-15-16(2)20-17(3)24-27-18(20)4)26-13-11-25(12-14-26)19-9-7-6-8-10-19;/h6-10,16H,5,11-15H2,1-4H3,(H,22,23);1H. The Balaban J connectivity index is 0.00000280. The molecule has 0 saturated carbocycles. The van der Waals surface area contributed by atoms with Crippen LogP contribution in [0.25, 0.3) is 0 Å². The van der Waals surface area contributed by atoms with E-state index in [1.54, 1.807) is 0 Å². The number of hydrogen-bond acceptors (Lipinski definition) is 4. The van der Waals surface area contributed by atoms with Crippen molar-refractivity contribution in [2.75, 3.05) is 44.2 Å². The summed E-state index contributed by atoms with van der Waals surface area (Å²) in [6.07, 6.45) is 0. The number of para-hydroxylation sites is 1. The summed E-state index contributed by atoms with van der Waals surface area (Å²) < 4.78 is 5.31. The van der Waals surface area contributed by atoms with Crippen LogP contribution in [0, 0.1) is 13.8 Å². The highest BCUT2D eigenvalue weighted by atomic mass is 127. The molecular weight excluding hydrogens is 465 g/mol. The topological polar surface area (TPSA) is 56.9 Å². The number of aryl methyl sites for hydroxylation is 2. The fourth-order valence-corrected chi connectivity index (χ4v) is 3.75. The van der Waals surface area contributed by atoms with Crippen molar-refractivity contribution in [3.63, 3.8) is 0 Å². The third-order valence-corrected chi connectivity index (χ3v) is 5.13. The molecule has 1 aliphatic rings. The fourth-order valence-electron chi connectivity index (χ4n) is 3.75. The summed E-state index contributed by atoms with van der Waals surface area (Å²) in [6.45, 7) is 13.8. The number of anilines is 1. The van der Waals surface area contributed by atoms with Crippen LogP contribution in [-0.4, -0.2) is 55.3 Å². The Morgan fingerprint density at radius 2 is 1.86 bits per heavy atom. The first-order valence-corrected chi connectivity index (χ1v) is 9.86. The maximum Gasteiger partial charge on any atom is 0.194 e. The lowest BCUT2D eigenvalue weighted by molar-refractivity contribution is 0.372. The molecule has 7 heteroatoms. The van der Waals surface area contributed by atoms with Gasteiger partial charge in [-0.1, -0.05) is 30.3 Å². The van der Waals surface area contributed by atoms with Gasteiger partial charge in [-0.05, 0) is 32.9 Å². The van der Waals surface area contributed by atoms with E-state index in [9.17, 15) is 0 Å². The molecule has 1 aliphatic heterocycles. The number of nitrogens with zero attached hydrogens (tertiary/aromatic N) is 4. The smallest absolute Gasteiger partial charge is 0.194 e. The van der Waals surface area contributed by atoms with Gasteiger partial charge in [0.1, 0.15) is 5.76 Å². The van der Waals surface area contributed by atoms with Gasteiger partial charge in [-0.2, -0.15) is 0 Å². The van der Waals surface area contributed by atoms with Gasteiger partial charge in [0.2, 0.25) is 0 Å². The molecule has 1 fully saturated rings. The quantitative estimate of drug-likeness (QED) is 0.387. The average molecular weight is 497 g/mol. The molecule has 0 aliphatic carbocycles. The first-order valence-electron chi connectivity index (χ1n) is 9.86. The number of piperazine rings is 1. The van der Waals surface area contributed by atoms with Gasteiger partial charge in [0.05, 0.1) is 5.69 Å². The first-order chi connectivity index (χ1) is 13.1. The minimum atomic E-state index is 0. The molecule has 1 aromatic carbocycles. The Morgan fingerprint density at radius 3 is 2.43 bits per heavy atom. The molecule has 1 saturated heterocycles. The maximum absolute atomic E-state index is 5.31. The van der Waals surface area contributed by atoms with Crippen molar-refractivity contribution in [1.82, 2.24) is 15.4 Å². The zero-order valence-electron chi connectivity index (χ0n) is 17.3. The van der Waals surface area contributed by atoms with Crippen LogP contribution < -0.4 is 10.2 Å². The molecule has 1 aromatic heterocycles. The van der Waals surface area contributed by atoms with E-state index in [1.807, 2.05) is 13.8 Å². The van der Waals surface area contributed by atoms with E-state index in [0.29, 0.717) is 0 Å². The maximum atomic E-state index is 5.31. The highest BCUT2D eigenvalue weighted by Gasteiger charge is 2.21. The van der Waals surface area contributed by atoms with E-state index in [0.717, 1.165) is 56.7 Å². The predicted molar refractivity (Wildman–Crippen MR) is 126 cm³/mol. The molecule has 3 rings (SSSR count). The molecule has 6 nitrogen and oxygen atoms in total. The molecule has 2 aromatic rings. The van der Waals surface area contributed by atoms with Gasteiger partial charge in [0.15, 0.2) is 5.96 Å². The summed E-state index contributed by atoms with van der Waals surface area (Å²) in [5, 5.41) is 7.53. The van der Waals surface area contributed by atoms with Crippen LogP contribution in [-0.2, 0) is 0 Å². The summed E-state index contributed by atoms with van der Waals surface area (Å²) in [7, 11) is 0. The molecule has 1 unspecified atom stereocenters. The molecule has 0 radical (unpaired) electrons. The normalized spacial score (nSPS) is 15.9. The molecule has 28 heavy (non-hydrogen) atoms. The number of guanidine groups is 1. The summed E-state index contributed by atoms with van der Waals surface area (Å²) in [5.74, 6) is 2.19. The minimum absolute atomic E-state index is 0. The number of aromatic nitrogens is 1. The number of halogens is 1. The lowest BCUT2D eigenvalue weighted by atomic mass is 10.00. The Hall–Kier alpha value is -1.77. The van der Waals surface area contributed by atoms with Gasteiger partial charge in [0, 0.05) is 56.4 Å². The summed E-state index contributed by atoms with van der Waals surface area (Å²) in [4.78, 5) is 9.72. The van der Waals surface area contributed by atoms with E-state index in [4.69, 9.17) is 9.52 Å². The van der Waals surface area contributed by atoms with E-state index < -0.39 is 0 Å². The van der Waals surface area contributed by atoms with Gasteiger partial charge < -0.3 is 19.6 Å². The third kappa shape index (κ3) is 5.40. The second kappa shape index (κ2) is 10.7. The van der Waals surface area contributed by atoms with Crippen LogP contribution in [0.3, 0.4) is 0 Å². The largest absolute Gasteiger partial charge is 0.368 e. The van der Waals surface area contributed by atoms with Crippen LogP contribution >= 0.6 is 24.0 Å². The van der Waals surface area contributed by atoms with Crippen LogP contribution in [0.1, 0.15) is 36.8 Å². The zero-order valence-corrected chi connectivity index (χ0v) is 19.6. The number of benzene rings is 1. The monoisotopic (exact) mass is 497 g/mol. The second-order valence-electron chi connectivity index (χ2n) is 7.14. The van der Waals surface area contributed by atoms with Crippen LogP contribution in [0.2, 0.25) is 0 Å². The molecule has 1 atom stereocenters.